The van der Waals surface area contributed by atoms with E-state index in [2.05, 4.69) is 12.1 Å². The lowest BCUT2D eigenvalue weighted by Crippen LogP contribution is -2.39. The molecule has 0 heterocycles. The minimum absolute atomic E-state index is 0.0000337. The summed E-state index contributed by atoms with van der Waals surface area (Å²) in [4.78, 5) is 26.1. The van der Waals surface area contributed by atoms with Crippen LogP contribution in [0.5, 0.6) is 0 Å². The van der Waals surface area contributed by atoms with E-state index in [1.807, 2.05) is 84.9 Å². The van der Waals surface area contributed by atoms with Gasteiger partial charge in [0.2, 0.25) is 0 Å². The summed E-state index contributed by atoms with van der Waals surface area (Å²) in [7, 11) is 0. The first-order valence-electron chi connectivity index (χ1n) is 11.7. The molecule has 6 rings (SSSR count). The first-order chi connectivity index (χ1) is 17.1. The molecule has 0 fully saturated rings. The van der Waals surface area contributed by atoms with Crippen molar-refractivity contribution in [3.8, 4) is 22.3 Å². The van der Waals surface area contributed by atoms with E-state index in [9.17, 15) is 14.7 Å². The molecular weight excluding hydrogens is 438 g/mol. The van der Waals surface area contributed by atoms with Crippen LogP contribution in [-0.2, 0) is 4.74 Å². The van der Waals surface area contributed by atoms with Gasteiger partial charge >= 0.3 is 12.2 Å². The van der Waals surface area contributed by atoms with Gasteiger partial charge in [-0.2, -0.15) is 0 Å². The topological polar surface area (TPSA) is 66.8 Å². The maximum absolute atomic E-state index is 13.1. The molecule has 0 bridgehead atoms. The molecule has 35 heavy (non-hydrogen) atoms. The van der Waals surface area contributed by atoms with E-state index in [1.54, 1.807) is 0 Å². The first-order valence-corrected chi connectivity index (χ1v) is 11.7. The zero-order valence-electron chi connectivity index (χ0n) is 18.9. The molecule has 0 aromatic heterocycles. The average molecular weight is 462 g/mol. The van der Waals surface area contributed by atoms with Crippen molar-refractivity contribution in [1.82, 2.24) is 4.90 Å². The lowest BCUT2D eigenvalue weighted by Gasteiger charge is -2.23. The van der Waals surface area contributed by atoms with Crippen LogP contribution in [0.25, 0.3) is 22.3 Å². The highest BCUT2D eigenvalue weighted by Crippen LogP contribution is 2.46. The Morgan fingerprint density at radius 3 is 1.40 bits per heavy atom. The maximum atomic E-state index is 13.1. The van der Waals surface area contributed by atoms with E-state index in [0.29, 0.717) is 0 Å². The number of carboxylic acid groups (broad SMARTS) is 1. The van der Waals surface area contributed by atoms with Crippen LogP contribution in [0.15, 0.2) is 97.1 Å². The van der Waals surface area contributed by atoms with E-state index in [1.165, 1.54) is 0 Å². The molecule has 2 aliphatic carbocycles. The monoisotopic (exact) mass is 461 g/mol. The zero-order valence-corrected chi connectivity index (χ0v) is 18.9. The van der Waals surface area contributed by atoms with Crippen LogP contribution < -0.4 is 0 Å². The molecule has 0 saturated heterocycles. The summed E-state index contributed by atoms with van der Waals surface area (Å²) >= 11 is 0. The highest BCUT2D eigenvalue weighted by molar-refractivity contribution is 5.88. The number of nitrogens with zero attached hydrogens (tertiary/aromatic N) is 1. The highest BCUT2D eigenvalue weighted by atomic mass is 16.6. The molecule has 0 saturated carbocycles. The van der Waals surface area contributed by atoms with E-state index in [-0.39, 0.29) is 25.0 Å². The summed E-state index contributed by atoms with van der Waals surface area (Å²) in [5, 5.41) is 9.93. The SMILES string of the molecule is O=C(O)N(CC1c2ccccc2-c2ccccc21)C(=O)OCC1c2ccccc2-c2ccccc21. The van der Waals surface area contributed by atoms with Gasteiger partial charge in [-0.1, -0.05) is 97.1 Å². The lowest BCUT2D eigenvalue weighted by atomic mass is 9.96. The van der Waals surface area contributed by atoms with Crippen molar-refractivity contribution in [3.05, 3.63) is 119 Å². The number of carbonyl (C=O) groups is 2. The normalized spacial score (nSPS) is 13.5. The predicted octanol–water partition coefficient (Wildman–Crippen LogP) is 6.73. The number of benzene rings is 4. The molecule has 0 atom stereocenters. The third kappa shape index (κ3) is 3.48. The fourth-order valence-corrected chi connectivity index (χ4v) is 5.54. The van der Waals surface area contributed by atoms with Crippen molar-refractivity contribution in [2.75, 3.05) is 13.2 Å². The standard InChI is InChI=1S/C30H23NO4/c32-29(33)31(17-27-23-13-5-1-9-19(23)20-10-2-6-14-24(20)27)30(34)35-18-28-25-15-7-3-11-21(25)22-12-4-8-16-26(22)28/h1-16,27-28H,17-18H2,(H,32,33). The Balaban J connectivity index is 1.25. The Bertz CT molecular complexity index is 1370. The smallest absolute Gasteiger partial charge is 0.419 e. The van der Waals surface area contributed by atoms with Crippen molar-refractivity contribution >= 4 is 12.2 Å². The maximum Gasteiger partial charge on any atom is 0.419 e. The molecule has 2 amide bonds. The molecule has 0 radical (unpaired) electrons. The zero-order chi connectivity index (χ0) is 23.9. The van der Waals surface area contributed by atoms with Crippen LogP contribution in [0.3, 0.4) is 0 Å². The minimum atomic E-state index is -1.32. The Hall–Kier alpha value is -4.38. The van der Waals surface area contributed by atoms with Gasteiger partial charge in [-0.3, -0.25) is 0 Å². The van der Waals surface area contributed by atoms with Gasteiger partial charge in [-0.05, 0) is 44.5 Å². The van der Waals surface area contributed by atoms with Gasteiger partial charge in [-0.15, -0.1) is 0 Å². The molecule has 0 aliphatic heterocycles. The molecule has 1 N–H and O–H groups in total. The van der Waals surface area contributed by atoms with Gasteiger partial charge in [0.05, 0.1) is 0 Å². The molecule has 5 heteroatoms. The largest absolute Gasteiger partial charge is 0.465 e. The summed E-state index contributed by atoms with van der Waals surface area (Å²) < 4.78 is 5.66. The van der Waals surface area contributed by atoms with E-state index in [4.69, 9.17) is 4.74 Å². The Kier molecular flexibility index (Phi) is 5.10. The molecule has 2 aliphatic rings. The van der Waals surface area contributed by atoms with Crippen molar-refractivity contribution in [1.29, 1.82) is 0 Å². The van der Waals surface area contributed by atoms with E-state index < -0.39 is 12.2 Å². The van der Waals surface area contributed by atoms with Crippen molar-refractivity contribution in [3.63, 3.8) is 0 Å². The van der Waals surface area contributed by atoms with Crippen molar-refractivity contribution in [2.45, 2.75) is 11.8 Å². The second-order valence-electron chi connectivity index (χ2n) is 8.92. The van der Waals surface area contributed by atoms with Gasteiger partial charge in [0.1, 0.15) is 6.61 Å². The van der Waals surface area contributed by atoms with Crippen molar-refractivity contribution < 1.29 is 19.4 Å². The van der Waals surface area contributed by atoms with Crippen LogP contribution in [0, 0.1) is 0 Å². The molecule has 0 spiro atoms. The number of amides is 2. The number of imide groups is 1. The van der Waals surface area contributed by atoms with E-state index >= 15 is 0 Å². The molecular formula is C30H23NO4. The average Bonchev–Trinajstić information content (AvgIpc) is 3.38. The predicted molar refractivity (Wildman–Crippen MR) is 134 cm³/mol. The summed E-state index contributed by atoms with van der Waals surface area (Å²) in [6, 6.07) is 32.0. The number of hydrogen-bond donors (Lipinski definition) is 1. The Morgan fingerprint density at radius 1 is 0.629 bits per heavy atom. The third-order valence-corrected chi connectivity index (χ3v) is 7.12. The van der Waals surface area contributed by atoms with Crippen LogP contribution in [-0.4, -0.2) is 35.3 Å². The molecule has 4 aromatic rings. The first kappa shape index (κ1) is 21.2. The van der Waals surface area contributed by atoms with Crippen LogP contribution in [0.4, 0.5) is 9.59 Å². The lowest BCUT2D eigenvalue weighted by molar-refractivity contribution is 0.0915. The Labute approximate surface area is 203 Å². The van der Waals surface area contributed by atoms with Gasteiger partial charge < -0.3 is 9.84 Å². The van der Waals surface area contributed by atoms with Gasteiger partial charge in [0.25, 0.3) is 0 Å². The summed E-state index contributed by atoms with van der Waals surface area (Å²) in [5.41, 5.74) is 8.61. The van der Waals surface area contributed by atoms with Gasteiger partial charge in [-0.25, -0.2) is 14.5 Å². The number of hydrogen-bond acceptors (Lipinski definition) is 3. The molecule has 4 aromatic carbocycles. The fraction of sp³-hybridized carbons (Fsp3) is 0.133. The van der Waals surface area contributed by atoms with Gasteiger partial charge in [0.15, 0.2) is 0 Å². The van der Waals surface area contributed by atoms with Crippen LogP contribution >= 0.6 is 0 Å². The summed E-state index contributed by atoms with van der Waals surface area (Å²) in [5.74, 6) is -0.367. The molecule has 172 valence electrons. The number of carbonyl (C=O) groups excluding carboxylic acids is 1. The highest BCUT2D eigenvalue weighted by Gasteiger charge is 2.35. The number of rotatable bonds is 4. The van der Waals surface area contributed by atoms with Crippen molar-refractivity contribution in [2.24, 2.45) is 0 Å². The van der Waals surface area contributed by atoms with E-state index in [0.717, 1.165) is 49.4 Å². The minimum Gasteiger partial charge on any atom is -0.465 e. The third-order valence-electron chi connectivity index (χ3n) is 7.12. The second kappa shape index (κ2) is 8.44. The Morgan fingerprint density at radius 2 is 1.00 bits per heavy atom. The summed E-state index contributed by atoms with van der Waals surface area (Å²) in [6.45, 7) is 0.0779. The quantitative estimate of drug-likeness (QED) is 0.366. The van der Waals surface area contributed by atoms with Crippen LogP contribution in [0.2, 0.25) is 0 Å². The molecule has 0 unspecified atom stereocenters. The van der Waals surface area contributed by atoms with Crippen LogP contribution in [0.1, 0.15) is 34.1 Å². The number of fused-ring (bicyclic) bond motifs is 6. The second-order valence-corrected chi connectivity index (χ2v) is 8.92. The molecule has 5 nitrogen and oxygen atoms in total. The van der Waals surface area contributed by atoms with Gasteiger partial charge in [0, 0.05) is 18.4 Å². The number of ether oxygens (including phenoxy) is 1. The summed E-state index contributed by atoms with van der Waals surface area (Å²) in [6.07, 6.45) is -2.16. The fourth-order valence-electron chi connectivity index (χ4n) is 5.54.